The van der Waals surface area contributed by atoms with Crippen molar-refractivity contribution in [3.8, 4) is 0 Å². The number of hydrogen-bond donors (Lipinski definition) is 2. The molecule has 1 aliphatic carbocycles. The number of benzene rings is 1. The number of aryl methyl sites for hydroxylation is 1. The molecule has 4 nitrogen and oxygen atoms in total. The molecule has 30 heavy (non-hydrogen) atoms. The van der Waals surface area contributed by atoms with Crippen molar-refractivity contribution >= 4 is 23.4 Å². The number of hydrogen-bond acceptors (Lipinski definition) is 5. The zero-order chi connectivity index (χ0) is 21.9. The van der Waals surface area contributed by atoms with Crippen molar-refractivity contribution < 1.29 is 19.7 Å². The Hall–Kier alpha value is -0.560. The van der Waals surface area contributed by atoms with Gasteiger partial charge in [0.2, 0.25) is 0 Å². The molecule has 2 aliphatic rings. The van der Waals surface area contributed by atoms with E-state index < -0.39 is 23.4 Å². The lowest BCUT2D eigenvalue weighted by atomic mass is 9.66. The Morgan fingerprint density at radius 2 is 2.03 bits per heavy atom. The number of halogens is 1. The van der Waals surface area contributed by atoms with Crippen LogP contribution in [0, 0.1) is 5.92 Å². The highest BCUT2D eigenvalue weighted by atomic mass is 35.5. The molecule has 1 aromatic carbocycles. The molecule has 1 aliphatic heterocycles. The minimum absolute atomic E-state index is 0.0472. The minimum Gasteiger partial charge on any atom is -0.390 e. The molecule has 2 N–H and O–H groups in total. The molecule has 168 valence electrons. The van der Waals surface area contributed by atoms with Gasteiger partial charge in [-0.05, 0) is 69.9 Å². The minimum atomic E-state index is -0.932. The highest BCUT2D eigenvalue weighted by molar-refractivity contribution is 7.99. The van der Waals surface area contributed by atoms with Gasteiger partial charge in [-0.15, -0.1) is 0 Å². The number of thioether (sulfide) groups is 1. The summed E-state index contributed by atoms with van der Waals surface area (Å²) in [5.74, 6) is 1.25. The SMILES string of the molecule is COC1C(O)CCC(O)(CSCCc2ccc(Cl)cc2)C1C1(C)OC1CC=C(C)C. The second-order valence-corrected chi connectivity index (χ2v) is 10.7. The van der Waals surface area contributed by atoms with Crippen LogP contribution >= 0.6 is 23.4 Å². The van der Waals surface area contributed by atoms with E-state index in [0.29, 0.717) is 18.6 Å². The van der Waals surface area contributed by atoms with E-state index in [4.69, 9.17) is 21.1 Å². The summed E-state index contributed by atoms with van der Waals surface area (Å²) in [6, 6.07) is 7.92. The van der Waals surface area contributed by atoms with E-state index in [1.165, 1.54) is 11.1 Å². The number of aliphatic hydroxyl groups excluding tert-OH is 1. The topological polar surface area (TPSA) is 62.2 Å². The van der Waals surface area contributed by atoms with Gasteiger partial charge in [-0.25, -0.2) is 0 Å². The molecule has 6 atom stereocenters. The van der Waals surface area contributed by atoms with E-state index in [2.05, 4.69) is 26.8 Å². The molecule has 1 heterocycles. The van der Waals surface area contributed by atoms with Crippen LogP contribution in [0.25, 0.3) is 0 Å². The van der Waals surface area contributed by atoms with Crippen molar-refractivity contribution in [1.82, 2.24) is 0 Å². The van der Waals surface area contributed by atoms with Gasteiger partial charge in [-0.1, -0.05) is 35.4 Å². The van der Waals surface area contributed by atoms with Gasteiger partial charge < -0.3 is 19.7 Å². The first-order valence-corrected chi connectivity index (χ1v) is 12.3. The fraction of sp³-hybridized carbons (Fsp3) is 0.667. The van der Waals surface area contributed by atoms with Crippen LogP contribution in [-0.2, 0) is 15.9 Å². The molecular weight excluding hydrogens is 420 g/mol. The Balaban J connectivity index is 1.67. The van der Waals surface area contributed by atoms with Crippen LogP contribution < -0.4 is 0 Å². The van der Waals surface area contributed by atoms with Gasteiger partial charge in [0.25, 0.3) is 0 Å². The molecule has 1 saturated heterocycles. The number of allylic oxidation sites excluding steroid dienone is 1. The third-order valence-corrected chi connectivity index (χ3v) is 8.02. The second kappa shape index (κ2) is 9.93. The molecule has 2 fully saturated rings. The molecule has 0 spiro atoms. The molecule has 1 saturated carbocycles. The van der Waals surface area contributed by atoms with E-state index in [1.807, 2.05) is 24.3 Å². The van der Waals surface area contributed by atoms with Crippen LogP contribution in [0.2, 0.25) is 5.02 Å². The van der Waals surface area contributed by atoms with Crippen LogP contribution in [0.1, 0.15) is 45.6 Å². The van der Waals surface area contributed by atoms with E-state index >= 15 is 0 Å². The summed E-state index contributed by atoms with van der Waals surface area (Å²) < 4.78 is 11.9. The molecule has 0 bridgehead atoms. The fourth-order valence-electron chi connectivity index (χ4n) is 4.82. The van der Waals surface area contributed by atoms with Gasteiger partial charge in [0.15, 0.2) is 0 Å². The quantitative estimate of drug-likeness (QED) is 0.323. The van der Waals surface area contributed by atoms with Crippen molar-refractivity contribution in [1.29, 1.82) is 0 Å². The number of epoxide rings is 1. The largest absolute Gasteiger partial charge is 0.390 e. The van der Waals surface area contributed by atoms with Crippen molar-refractivity contribution in [2.45, 2.75) is 76.0 Å². The summed E-state index contributed by atoms with van der Waals surface area (Å²) in [5.41, 5.74) is 1.08. The van der Waals surface area contributed by atoms with Crippen LogP contribution in [0.3, 0.4) is 0 Å². The Morgan fingerprint density at radius 3 is 2.67 bits per heavy atom. The Morgan fingerprint density at radius 1 is 1.33 bits per heavy atom. The molecule has 3 rings (SSSR count). The van der Waals surface area contributed by atoms with Crippen LogP contribution in [0.5, 0.6) is 0 Å². The molecule has 1 aromatic rings. The lowest BCUT2D eigenvalue weighted by molar-refractivity contribution is -0.169. The van der Waals surface area contributed by atoms with Crippen molar-refractivity contribution in [3.05, 3.63) is 46.5 Å². The second-order valence-electron chi connectivity index (χ2n) is 9.12. The van der Waals surface area contributed by atoms with Crippen molar-refractivity contribution in [3.63, 3.8) is 0 Å². The third kappa shape index (κ3) is 5.43. The Bertz CT molecular complexity index is 735. The first-order valence-electron chi connectivity index (χ1n) is 10.8. The van der Waals surface area contributed by atoms with E-state index in [-0.39, 0.29) is 12.0 Å². The lowest BCUT2D eigenvalue weighted by Crippen LogP contribution is -2.60. The number of methoxy groups -OCH3 is 1. The maximum absolute atomic E-state index is 11.7. The molecule has 0 radical (unpaired) electrons. The Labute approximate surface area is 190 Å². The number of ether oxygens (including phenoxy) is 2. The summed E-state index contributed by atoms with van der Waals surface area (Å²) in [7, 11) is 1.62. The van der Waals surface area contributed by atoms with E-state index in [9.17, 15) is 10.2 Å². The molecule has 6 unspecified atom stereocenters. The van der Waals surface area contributed by atoms with E-state index in [1.54, 1.807) is 18.9 Å². The van der Waals surface area contributed by atoms with Crippen molar-refractivity contribution in [2.75, 3.05) is 18.6 Å². The summed E-state index contributed by atoms with van der Waals surface area (Å²) >= 11 is 7.71. The molecular formula is C24H35ClO4S. The summed E-state index contributed by atoms with van der Waals surface area (Å²) in [5, 5.41) is 23.1. The van der Waals surface area contributed by atoms with Crippen LogP contribution in [0.4, 0.5) is 0 Å². The monoisotopic (exact) mass is 454 g/mol. The predicted molar refractivity (Wildman–Crippen MR) is 124 cm³/mol. The zero-order valence-corrected chi connectivity index (χ0v) is 20.0. The van der Waals surface area contributed by atoms with E-state index in [0.717, 1.165) is 23.6 Å². The van der Waals surface area contributed by atoms with Crippen LogP contribution in [-0.4, -0.2) is 58.3 Å². The van der Waals surface area contributed by atoms with Gasteiger partial charge in [0.1, 0.15) is 5.60 Å². The van der Waals surface area contributed by atoms with Gasteiger partial charge in [-0.2, -0.15) is 11.8 Å². The first kappa shape index (κ1) is 24.1. The number of aliphatic hydroxyl groups is 2. The Kier molecular flexibility index (Phi) is 7.97. The van der Waals surface area contributed by atoms with Gasteiger partial charge in [0, 0.05) is 23.8 Å². The maximum atomic E-state index is 11.7. The standard InChI is InChI=1S/C24H35ClO4S/c1-16(2)5-10-20-23(3,29-20)22-21(28-4)19(26)11-13-24(22,27)15-30-14-12-17-6-8-18(25)9-7-17/h5-9,19-22,26-27H,10-15H2,1-4H3. The average molecular weight is 455 g/mol. The fourth-order valence-corrected chi connectivity index (χ4v) is 6.15. The van der Waals surface area contributed by atoms with Crippen molar-refractivity contribution in [2.24, 2.45) is 5.92 Å². The predicted octanol–water partition coefficient (Wildman–Crippen LogP) is 4.65. The lowest BCUT2D eigenvalue weighted by Gasteiger charge is -2.48. The first-order chi connectivity index (χ1) is 14.2. The summed E-state index contributed by atoms with van der Waals surface area (Å²) in [6.07, 6.45) is 4.06. The van der Waals surface area contributed by atoms with Gasteiger partial charge in [0.05, 0.1) is 23.9 Å². The zero-order valence-electron chi connectivity index (χ0n) is 18.4. The maximum Gasteiger partial charge on any atom is 0.100 e. The average Bonchev–Trinajstić information content (AvgIpc) is 3.37. The van der Waals surface area contributed by atoms with Gasteiger partial charge >= 0.3 is 0 Å². The highest BCUT2D eigenvalue weighted by Crippen LogP contribution is 2.54. The highest BCUT2D eigenvalue weighted by Gasteiger charge is 2.66. The summed E-state index contributed by atoms with van der Waals surface area (Å²) in [6.45, 7) is 6.22. The molecule has 0 amide bonds. The molecule has 0 aromatic heterocycles. The number of rotatable bonds is 9. The van der Waals surface area contributed by atoms with Crippen LogP contribution in [0.15, 0.2) is 35.9 Å². The smallest absolute Gasteiger partial charge is 0.100 e. The molecule has 6 heteroatoms. The summed E-state index contributed by atoms with van der Waals surface area (Å²) in [4.78, 5) is 0. The normalized spacial score (nSPS) is 35.8. The van der Waals surface area contributed by atoms with Gasteiger partial charge in [-0.3, -0.25) is 0 Å². The third-order valence-electron chi connectivity index (χ3n) is 6.57.